The van der Waals surface area contributed by atoms with Crippen LogP contribution in [0.4, 0.5) is 4.79 Å². The van der Waals surface area contributed by atoms with Gasteiger partial charge < -0.3 is 19.9 Å². The minimum absolute atomic E-state index is 0.0153. The van der Waals surface area contributed by atoms with Crippen LogP contribution < -0.4 is 5.32 Å². The van der Waals surface area contributed by atoms with Crippen LogP contribution in [-0.4, -0.2) is 41.5 Å². The van der Waals surface area contributed by atoms with Gasteiger partial charge in [-0.1, -0.05) is 0 Å². The Morgan fingerprint density at radius 3 is 2.53 bits per heavy atom. The zero-order valence-electron chi connectivity index (χ0n) is 11.6. The monoisotopic (exact) mass is 271 g/mol. The van der Waals surface area contributed by atoms with E-state index in [0.717, 1.165) is 12.8 Å². The Hall–Kier alpha value is -1.30. The average molecular weight is 271 g/mol. The van der Waals surface area contributed by atoms with Gasteiger partial charge in [-0.2, -0.15) is 0 Å². The van der Waals surface area contributed by atoms with Crippen molar-refractivity contribution in [1.82, 2.24) is 5.32 Å². The van der Waals surface area contributed by atoms with E-state index in [9.17, 15) is 14.7 Å². The third-order valence-corrected chi connectivity index (χ3v) is 3.69. The highest BCUT2D eigenvalue weighted by Gasteiger charge is 2.57. The molecule has 2 heterocycles. The van der Waals surface area contributed by atoms with Crippen LogP contribution in [0.3, 0.4) is 0 Å². The summed E-state index contributed by atoms with van der Waals surface area (Å²) in [5, 5.41) is 12.0. The predicted octanol–water partition coefficient (Wildman–Crippen LogP) is 1.53. The van der Waals surface area contributed by atoms with E-state index in [1.165, 1.54) is 0 Å². The van der Waals surface area contributed by atoms with Crippen molar-refractivity contribution in [3.05, 3.63) is 0 Å². The van der Waals surface area contributed by atoms with Crippen LogP contribution in [0.15, 0.2) is 0 Å². The number of carbonyl (C=O) groups is 2. The van der Waals surface area contributed by atoms with Crippen molar-refractivity contribution >= 4 is 12.1 Å². The maximum absolute atomic E-state index is 11.6. The summed E-state index contributed by atoms with van der Waals surface area (Å²) in [6.45, 7) is 5.35. The summed E-state index contributed by atoms with van der Waals surface area (Å²) in [4.78, 5) is 23.2. The second-order valence-corrected chi connectivity index (χ2v) is 6.34. The summed E-state index contributed by atoms with van der Waals surface area (Å²) in [7, 11) is 0. The SMILES string of the molecule is CC(C)(C)OC(=O)NCC1(C(=O)O)CC2CCC1O2. The fourth-order valence-electron chi connectivity index (χ4n) is 2.83. The topological polar surface area (TPSA) is 84.9 Å². The summed E-state index contributed by atoms with van der Waals surface area (Å²) in [5.74, 6) is -0.907. The first-order valence-corrected chi connectivity index (χ1v) is 6.59. The molecule has 0 aliphatic carbocycles. The van der Waals surface area contributed by atoms with Crippen LogP contribution in [0.1, 0.15) is 40.0 Å². The smallest absolute Gasteiger partial charge is 0.407 e. The second-order valence-electron chi connectivity index (χ2n) is 6.34. The summed E-state index contributed by atoms with van der Waals surface area (Å²) in [6.07, 6.45) is 1.24. The molecule has 3 unspecified atom stereocenters. The number of carbonyl (C=O) groups excluding carboxylic acids is 1. The number of carboxylic acid groups (broad SMARTS) is 1. The molecule has 0 aromatic rings. The molecule has 6 heteroatoms. The number of hydrogen-bond acceptors (Lipinski definition) is 4. The number of rotatable bonds is 3. The number of aliphatic carboxylic acids is 1. The third-order valence-electron chi connectivity index (χ3n) is 3.69. The lowest BCUT2D eigenvalue weighted by Crippen LogP contribution is -2.49. The largest absolute Gasteiger partial charge is 0.481 e. The Bertz CT molecular complexity index is 389. The van der Waals surface area contributed by atoms with E-state index in [1.807, 2.05) is 0 Å². The molecular formula is C13H21NO5. The lowest BCUT2D eigenvalue weighted by atomic mass is 9.74. The molecule has 0 aromatic heterocycles. The van der Waals surface area contributed by atoms with Crippen LogP contribution in [0.25, 0.3) is 0 Å². The van der Waals surface area contributed by atoms with Crippen LogP contribution in [-0.2, 0) is 14.3 Å². The van der Waals surface area contributed by atoms with Crippen molar-refractivity contribution in [3.8, 4) is 0 Å². The highest BCUT2D eigenvalue weighted by molar-refractivity contribution is 5.78. The van der Waals surface area contributed by atoms with Gasteiger partial charge >= 0.3 is 12.1 Å². The van der Waals surface area contributed by atoms with Crippen molar-refractivity contribution in [2.75, 3.05) is 6.54 Å². The number of carboxylic acids is 1. The van der Waals surface area contributed by atoms with Crippen LogP contribution >= 0.6 is 0 Å². The molecule has 2 bridgehead atoms. The van der Waals surface area contributed by atoms with Crippen molar-refractivity contribution < 1.29 is 24.2 Å². The van der Waals surface area contributed by atoms with E-state index in [1.54, 1.807) is 20.8 Å². The molecule has 2 rings (SSSR count). The average Bonchev–Trinajstić information content (AvgIpc) is 2.84. The molecule has 2 N–H and O–H groups in total. The Labute approximate surface area is 112 Å². The standard InChI is InChI=1S/C13H21NO5/c1-12(2,3)19-11(17)14-7-13(10(15)16)6-8-4-5-9(13)18-8/h8-9H,4-7H2,1-3H3,(H,14,17)(H,15,16). The van der Waals surface area contributed by atoms with E-state index in [-0.39, 0.29) is 18.8 Å². The van der Waals surface area contributed by atoms with Crippen molar-refractivity contribution in [3.63, 3.8) is 0 Å². The fourth-order valence-corrected chi connectivity index (χ4v) is 2.83. The van der Waals surface area contributed by atoms with Gasteiger partial charge in [-0.3, -0.25) is 4.79 Å². The number of alkyl carbamates (subject to hydrolysis) is 1. The van der Waals surface area contributed by atoms with Gasteiger partial charge in [0.1, 0.15) is 11.0 Å². The first-order valence-electron chi connectivity index (χ1n) is 6.59. The summed E-state index contributed by atoms with van der Waals surface area (Å²) in [5.41, 5.74) is -1.59. The molecule has 3 atom stereocenters. The summed E-state index contributed by atoms with van der Waals surface area (Å²) < 4.78 is 10.7. The molecule has 0 spiro atoms. The summed E-state index contributed by atoms with van der Waals surface area (Å²) in [6, 6.07) is 0. The van der Waals surface area contributed by atoms with Gasteiger partial charge in [0, 0.05) is 6.54 Å². The maximum Gasteiger partial charge on any atom is 0.407 e. The highest BCUT2D eigenvalue weighted by Crippen LogP contribution is 2.47. The lowest BCUT2D eigenvalue weighted by molar-refractivity contribution is -0.151. The predicted molar refractivity (Wildman–Crippen MR) is 66.8 cm³/mol. The number of hydrogen-bond donors (Lipinski definition) is 2. The maximum atomic E-state index is 11.6. The molecule has 2 fully saturated rings. The van der Waals surface area contributed by atoms with E-state index < -0.39 is 23.1 Å². The molecule has 0 radical (unpaired) electrons. The molecule has 0 aromatic carbocycles. The van der Waals surface area contributed by atoms with Gasteiger partial charge in [0.05, 0.1) is 12.2 Å². The molecule has 2 saturated heterocycles. The third kappa shape index (κ3) is 2.83. The van der Waals surface area contributed by atoms with Gasteiger partial charge in [0.25, 0.3) is 0 Å². The fraction of sp³-hybridized carbons (Fsp3) is 0.846. The lowest BCUT2D eigenvalue weighted by Gasteiger charge is -2.31. The van der Waals surface area contributed by atoms with Crippen LogP contribution in [0.5, 0.6) is 0 Å². The number of nitrogens with one attached hydrogen (secondary N) is 1. The van der Waals surface area contributed by atoms with Gasteiger partial charge in [-0.05, 0) is 40.0 Å². The number of ether oxygens (including phenoxy) is 2. The first-order chi connectivity index (χ1) is 8.73. The normalized spacial score (nSPS) is 33.2. The van der Waals surface area contributed by atoms with Gasteiger partial charge in [-0.25, -0.2) is 4.79 Å². The molecular weight excluding hydrogens is 250 g/mol. The van der Waals surface area contributed by atoms with Crippen molar-refractivity contribution in [2.24, 2.45) is 5.41 Å². The minimum Gasteiger partial charge on any atom is -0.481 e. The quantitative estimate of drug-likeness (QED) is 0.813. The second kappa shape index (κ2) is 4.67. The van der Waals surface area contributed by atoms with Crippen molar-refractivity contribution in [2.45, 2.75) is 57.8 Å². The first kappa shape index (κ1) is 14.1. The Morgan fingerprint density at radius 2 is 2.11 bits per heavy atom. The number of amides is 1. The van der Waals surface area contributed by atoms with E-state index in [0.29, 0.717) is 6.42 Å². The minimum atomic E-state index is -1.00. The molecule has 0 saturated carbocycles. The number of fused-ring (bicyclic) bond motifs is 2. The molecule has 6 nitrogen and oxygen atoms in total. The molecule has 19 heavy (non-hydrogen) atoms. The van der Waals surface area contributed by atoms with Gasteiger partial charge in [0.15, 0.2) is 0 Å². The zero-order chi connectivity index (χ0) is 14.3. The molecule has 2 aliphatic rings. The summed E-state index contributed by atoms with van der Waals surface area (Å²) >= 11 is 0. The van der Waals surface area contributed by atoms with E-state index >= 15 is 0 Å². The van der Waals surface area contributed by atoms with Crippen LogP contribution in [0.2, 0.25) is 0 Å². The van der Waals surface area contributed by atoms with Gasteiger partial charge in [0.2, 0.25) is 0 Å². The zero-order valence-corrected chi connectivity index (χ0v) is 11.6. The van der Waals surface area contributed by atoms with Crippen LogP contribution in [0, 0.1) is 5.41 Å². The van der Waals surface area contributed by atoms with E-state index in [4.69, 9.17) is 9.47 Å². The highest BCUT2D eigenvalue weighted by atomic mass is 16.6. The molecule has 108 valence electrons. The Kier molecular flexibility index (Phi) is 3.47. The Balaban J connectivity index is 1.96. The molecule has 1 amide bonds. The van der Waals surface area contributed by atoms with Gasteiger partial charge in [-0.15, -0.1) is 0 Å². The van der Waals surface area contributed by atoms with Crippen molar-refractivity contribution in [1.29, 1.82) is 0 Å². The van der Waals surface area contributed by atoms with E-state index in [2.05, 4.69) is 5.32 Å². The molecule has 2 aliphatic heterocycles. The Morgan fingerprint density at radius 1 is 1.42 bits per heavy atom.